The van der Waals surface area contributed by atoms with Crippen LogP contribution in [0.2, 0.25) is 0 Å². The highest BCUT2D eigenvalue weighted by Crippen LogP contribution is 2.29. The first-order valence-corrected chi connectivity index (χ1v) is 6.92. The lowest BCUT2D eigenvalue weighted by Crippen LogP contribution is -2.14. The lowest BCUT2D eigenvalue weighted by atomic mass is 10.1. The van der Waals surface area contributed by atoms with Crippen LogP contribution in [0.4, 0.5) is 5.69 Å². The largest absolute Gasteiger partial charge is 0.491 e. The van der Waals surface area contributed by atoms with Crippen LogP contribution in [0.1, 0.15) is 6.42 Å². The van der Waals surface area contributed by atoms with Crippen molar-refractivity contribution in [2.75, 3.05) is 25.1 Å². The summed E-state index contributed by atoms with van der Waals surface area (Å²) in [5.41, 5.74) is 0.637. The Labute approximate surface area is 120 Å². The number of hydrogen-bond acceptors (Lipinski definition) is 3. The molecule has 1 N–H and O–H groups in total. The number of anilines is 1. The summed E-state index contributed by atoms with van der Waals surface area (Å²) in [5.74, 6) is 0.823. The number of amides is 1. The average Bonchev–Trinajstić information content (AvgIpc) is 2.91. The lowest BCUT2D eigenvalue weighted by molar-refractivity contribution is -0.111. The number of carbonyl (C=O) groups is 1. The summed E-state index contributed by atoms with van der Waals surface area (Å²) < 4.78 is 12.0. The normalized spacial score (nSPS) is 18.1. The van der Waals surface area contributed by atoms with Crippen molar-refractivity contribution < 1.29 is 14.3 Å². The lowest BCUT2D eigenvalue weighted by Gasteiger charge is -2.14. The fraction of sp³-hybridized carbons (Fsp3) is 0.357. The van der Waals surface area contributed by atoms with Gasteiger partial charge in [-0.25, -0.2) is 0 Å². The maximum absolute atomic E-state index is 11.4. The van der Waals surface area contributed by atoms with Gasteiger partial charge in [0.05, 0.1) is 18.9 Å². The Morgan fingerprint density at radius 2 is 2.47 bits per heavy atom. The first-order chi connectivity index (χ1) is 9.19. The molecule has 1 aromatic rings. The van der Waals surface area contributed by atoms with E-state index < -0.39 is 0 Å². The van der Waals surface area contributed by atoms with E-state index in [9.17, 15) is 4.79 Å². The first-order valence-electron chi connectivity index (χ1n) is 6.12. The van der Waals surface area contributed by atoms with Crippen molar-refractivity contribution in [3.05, 3.63) is 35.3 Å². The Morgan fingerprint density at radius 3 is 3.16 bits per heavy atom. The van der Waals surface area contributed by atoms with Crippen LogP contribution in [0.5, 0.6) is 5.75 Å². The molecule has 0 spiro atoms. The molecule has 1 saturated heterocycles. The van der Waals surface area contributed by atoms with E-state index >= 15 is 0 Å². The molecule has 102 valence electrons. The third-order valence-corrected chi connectivity index (χ3v) is 3.38. The quantitative estimate of drug-likeness (QED) is 0.846. The minimum absolute atomic E-state index is 0.257. The highest BCUT2D eigenvalue weighted by molar-refractivity contribution is 9.10. The van der Waals surface area contributed by atoms with Crippen LogP contribution >= 0.6 is 15.9 Å². The van der Waals surface area contributed by atoms with E-state index in [0.717, 1.165) is 24.1 Å². The topological polar surface area (TPSA) is 47.6 Å². The molecule has 1 unspecified atom stereocenters. The van der Waals surface area contributed by atoms with E-state index in [1.54, 1.807) is 0 Å². The summed E-state index contributed by atoms with van der Waals surface area (Å²) in [4.78, 5) is 11.4. The van der Waals surface area contributed by atoms with Gasteiger partial charge in [-0.3, -0.25) is 4.79 Å². The molecule has 1 fully saturated rings. The molecule has 0 aliphatic carbocycles. The van der Waals surface area contributed by atoms with Crippen LogP contribution in [-0.2, 0) is 9.53 Å². The summed E-state index contributed by atoms with van der Waals surface area (Å²) >= 11 is 3.37. The van der Waals surface area contributed by atoms with E-state index in [0.29, 0.717) is 24.0 Å². The predicted octanol–water partition coefficient (Wildman–Crippen LogP) is 2.99. The van der Waals surface area contributed by atoms with E-state index in [2.05, 4.69) is 27.8 Å². The predicted molar refractivity (Wildman–Crippen MR) is 77.4 cm³/mol. The van der Waals surface area contributed by atoms with Crippen molar-refractivity contribution in [3.8, 4) is 5.75 Å². The Bertz CT molecular complexity index is 470. The Hall–Kier alpha value is -1.33. The van der Waals surface area contributed by atoms with Gasteiger partial charge < -0.3 is 14.8 Å². The second-order valence-electron chi connectivity index (χ2n) is 4.37. The van der Waals surface area contributed by atoms with E-state index in [4.69, 9.17) is 9.47 Å². The molecule has 4 nitrogen and oxygen atoms in total. The minimum Gasteiger partial charge on any atom is -0.491 e. The van der Waals surface area contributed by atoms with Crippen molar-refractivity contribution >= 4 is 27.5 Å². The number of benzene rings is 1. The Kier molecular flexibility index (Phi) is 4.99. The van der Waals surface area contributed by atoms with Crippen molar-refractivity contribution in [1.82, 2.24) is 0 Å². The van der Waals surface area contributed by atoms with Crippen molar-refractivity contribution in [2.45, 2.75) is 6.42 Å². The molecule has 0 saturated carbocycles. The van der Waals surface area contributed by atoms with Crippen LogP contribution in [-0.4, -0.2) is 25.7 Å². The molecule has 0 radical (unpaired) electrons. The zero-order chi connectivity index (χ0) is 13.7. The van der Waals surface area contributed by atoms with Crippen LogP contribution < -0.4 is 10.1 Å². The molecule has 1 aliphatic heterocycles. The maximum atomic E-state index is 11.4. The van der Waals surface area contributed by atoms with Crippen LogP contribution in [0.15, 0.2) is 35.3 Å². The van der Waals surface area contributed by atoms with Gasteiger partial charge in [-0.2, -0.15) is 0 Å². The third kappa shape index (κ3) is 4.08. The molecule has 1 atom stereocenters. The molecule has 5 heteroatoms. The van der Waals surface area contributed by atoms with E-state index in [-0.39, 0.29) is 5.91 Å². The summed E-state index contributed by atoms with van der Waals surface area (Å²) in [5, 5.41) is 2.73. The Balaban J connectivity index is 2.04. The number of ether oxygens (including phenoxy) is 2. The van der Waals surface area contributed by atoms with Gasteiger partial charge in [0.2, 0.25) is 5.91 Å². The molecule has 1 heterocycles. The molecule has 19 heavy (non-hydrogen) atoms. The van der Waals surface area contributed by atoms with Crippen LogP contribution in [0.25, 0.3) is 0 Å². The van der Waals surface area contributed by atoms with Crippen molar-refractivity contribution in [1.29, 1.82) is 0 Å². The molecule has 2 rings (SSSR count). The molecule has 1 aliphatic rings. The fourth-order valence-electron chi connectivity index (χ4n) is 1.83. The number of carbonyl (C=O) groups excluding carboxylic acids is 1. The number of halogens is 1. The SMILES string of the molecule is C=CC(=O)Nc1cc(Br)ccc1OCC1CCOC1. The molecule has 1 amide bonds. The number of rotatable bonds is 5. The zero-order valence-electron chi connectivity index (χ0n) is 10.5. The second kappa shape index (κ2) is 6.73. The number of nitrogens with one attached hydrogen (secondary N) is 1. The third-order valence-electron chi connectivity index (χ3n) is 2.88. The summed E-state index contributed by atoms with van der Waals surface area (Å²) in [6.45, 7) is 5.57. The van der Waals surface area contributed by atoms with Crippen LogP contribution in [0, 0.1) is 5.92 Å². The molecular weight excluding hydrogens is 310 g/mol. The van der Waals surface area contributed by atoms with Crippen molar-refractivity contribution in [2.24, 2.45) is 5.92 Å². The first kappa shape index (κ1) is 14.1. The van der Waals surface area contributed by atoms with Gasteiger partial charge in [-0.15, -0.1) is 0 Å². The van der Waals surface area contributed by atoms with Crippen LogP contribution in [0.3, 0.4) is 0 Å². The highest BCUT2D eigenvalue weighted by Gasteiger charge is 2.17. The minimum atomic E-state index is -0.257. The highest BCUT2D eigenvalue weighted by atomic mass is 79.9. The van der Waals surface area contributed by atoms with Gasteiger partial charge in [0.1, 0.15) is 5.75 Å². The van der Waals surface area contributed by atoms with Gasteiger partial charge in [0.15, 0.2) is 0 Å². The van der Waals surface area contributed by atoms with Gasteiger partial charge in [-0.1, -0.05) is 22.5 Å². The van der Waals surface area contributed by atoms with E-state index in [1.165, 1.54) is 6.08 Å². The monoisotopic (exact) mass is 325 g/mol. The molecule has 0 aromatic heterocycles. The Morgan fingerprint density at radius 1 is 1.63 bits per heavy atom. The van der Waals surface area contributed by atoms with Gasteiger partial charge in [0.25, 0.3) is 0 Å². The van der Waals surface area contributed by atoms with Gasteiger partial charge in [0, 0.05) is 17.0 Å². The zero-order valence-corrected chi connectivity index (χ0v) is 12.1. The van der Waals surface area contributed by atoms with Crippen molar-refractivity contribution in [3.63, 3.8) is 0 Å². The summed E-state index contributed by atoms with van der Waals surface area (Å²) in [6.07, 6.45) is 2.25. The standard InChI is InChI=1S/C14H16BrNO3/c1-2-14(17)16-12-7-11(15)3-4-13(12)19-9-10-5-6-18-8-10/h2-4,7,10H,1,5-6,8-9H2,(H,16,17). The van der Waals surface area contributed by atoms with Gasteiger partial charge in [-0.05, 0) is 30.7 Å². The summed E-state index contributed by atoms with van der Waals surface area (Å²) in [6, 6.07) is 5.52. The second-order valence-corrected chi connectivity index (χ2v) is 5.29. The van der Waals surface area contributed by atoms with E-state index in [1.807, 2.05) is 18.2 Å². The average molecular weight is 326 g/mol. The maximum Gasteiger partial charge on any atom is 0.247 e. The smallest absolute Gasteiger partial charge is 0.247 e. The molecular formula is C14H16BrNO3. The molecule has 1 aromatic carbocycles. The number of hydrogen-bond donors (Lipinski definition) is 1. The fourth-order valence-corrected chi connectivity index (χ4v) is 2.19. The van der Waals surface area contributed by atoms with Gasteiger partial charge >= 0.3 is 0 Å². The summed E-state index contributed by atoms with van der Waals surface area (Å²) in [7, 11) is 0. The molecule has 0 bridgehead atoms.